The van der Waals surface area contributed by atoms with Gasteiger partial charge in [0.15, 0.2) is 0 Å². The van der Waals surface area contributed by atoms with Gasteiger partial charge < -0.3 is 29.7 Å². The first-order chi connectivity index (χ1) is 27.1. The van der Waals surface area contributed by atoms with Gasteiger partial charge in [-0.3, -0.25) is 19.1 Å². The number of hydrogen-bond donors (Lipinski definition) is 3. The zero-order valence-corrected chi connectivity index (χ0v) is 34.3. The normalized spacial score (nSPS) is 28.2. The van der Waals surface area contributed by atoms with Gasteiger partial charge in [-0.05, 0) is 82.4 Å². The lowest BCUT2D eigenvalue weighted by Crippen LogP contribution is -2.67. The fourth-order valence-corrected chi connectivity index (χ4v) is 9.67. The predicted octanol–water partition coefficient (Wildman–Crippen LogP) is 4.78. The lowest BCUT2D eigenvalue weighted by Gasteiger charge is -2.42. The van der Waals surface area contributed by atoms with Crippen LogP contribution in [0.2, 0.25) is 0 Å². The summed E-state index contributed by atoms with van der Waals surface area (Å²) in [5.74, 6) is -1.18. The summed E-state index contributed by atoms with van der Waals surface area (Å²) in [4.78, 5) is 63.2. The Labute approximate surface area is 334 Å². The fourth-order valence-electron chi connectivity index (χ4n) is 8.37. The second-order valence-electron chi connectivity index (χ2n) is 17.0. The molecule has 15 heteroatoms. The molecule has 2 aliphatic carbocycles. The summed E-state index contributed by atoms with van der Waals surface area (Å²) in [6.07, 6.45) is 12.1. The van der Waals surface area contributed by atoms with Gasteiger partial charge >= 0.3 is 6.09 Å². The number of allylic oxidation sites excluding steroid dienone is 1. The van der Waals surface area contributed by atoms with Gasteiger partial charge in [0, 0.05) is 23.3 Å². The number of alkyl carbamates (subject to hydrolysis) is 1. The van der Waals surface area contributed by atoms with E-state index in [0.29, 0.717) is 62.9 Å². The summed E-state index contributed by atoms with van der Waals surface area (Å²) in [6.45, 7) is 7.63. The highest BCUT2D eigenvalue weighted by molar-refractivity contribution is 7.91. The van der Waals surface area contributed by atoms with Gasteiger partial charge in [-0.2, -0.15) is 0 Å². The van der Waals surface area contributed by atoms with E-state index in [4.69, 9.17) is 19.2 Å². The van der Waals surface area contributed by atoms with Crippen molar-refractivity contribution in [2.45, 2.75) is 126 Å². The van der Waals surface area contributed by atoms with Gasteiger partial charge in [0.05, 0.1) is 36.2 Å². The largest absolute Gasteiger partial charge is 0.497 e. The SMILES string of the molecule is CCc1nc2ccc(OC)cc2c2c1OC1(CC2)CC2C(=O)NC3(C(=O)NS(=O)(=O)C4(C)CC4)C=CC3C=CCCCCCC(NC(=O)OCC(C)C)C(=O)N2C1. The Hall–Kier alpha value is -4.66. The Balaban J connectivity index is 1.26. The number of aromatic nitrogens is 1. The third-order valence-electron chi connectivity index (χ3n) is 12.3. The molecule has 308 valence electrons. The molecule has 1 saturated heterocycles. The highest BCUT2D eigenvalue weighted by atomic mass is 32.2. The van der Waals surface area contributed by atoms with Crippen LogP contribution in [0.3, 0.4) is 0 Å². The molecule has 5 aliphatic rings. The van der Waals surface area contributed by atoms with Crippen LogP contribution < -0.4 is 24.8 Å². The van der Waals surface area contributed by atoms with Crippen molar-refractivity contribution in [2.75, 3.05) is 20.3 Å². The minimum Gasteiger partial charge on any atom is -0.497 e. The van der Waals surface area contributed by atoms with Crippen LogP contribution in [0.1, 0.15) is 96.7 Å². The van der Waals surface area contributed by atoms with Crippen molar-refractivity contribution in [3.63, 3.8) is 0 Å². The first-order valence-corrected chi connectivity index (χ1v) is 21.8. The van der Waals surface area contributed by atoms with Gasteiger partial charge in [-0.1, -0.05) is 57.9 Å². The average molecular weight is 806 g/mol. The number of sulfonamides is 1. The number of ether oxygens (including phenoxy) is 3. The highest BCUT2D eigenvalue weighted by Crippen LogP contribution is 2.46. The summed E-state index contributed by atoms with van der Waals surface area (Å²) in [5, 5.41) is 6.63. The number of hydrogen-bond acceptors (Lipinski definition) is 10. The second kappa shape index (κ2) is 15.6. The molecule has 1 aromatic heterocycles. The summed E-state index contributed by atoms with van der Waals surface area (Å²) < 4.78 is 45.8. The predicted molar refractivity (Wildman–Crippen MR) is 213 cm³/mol. The quantitative estimate of drug-likeness (QED) is 0.314. The fraction of sp³-hybridized carbons (Fsp3) is 0.595. The standard InChI is InChI=1S/C42H55N5O9S/c1-6-31-35-29(30-22-28(54-5)14-15-32(30)43-31)17-18-41(56-35)23-34-36(48)45-42(38(50)46-57(52,53)40(4)20-21-40)19-16-27(42)12-10-8-7-9-11-13-33(37(49)47(34)25-41)44-39(51)55-24-26(2)3/h10,12,14-16,19,22,26-27,33-34H,6-9,11,13,17-18,20-21,23-25H2,1-5H3,(H,44,51)(H,45,48)(H,46,50). The molecule has 14 nitrogen and oxygen atoms in total. The summed E-state index contributed by atoms with van der Waals surface area (Å²) in [5.41, 5.74) is -0.178. The van der Waals surface area contributed by atoms with Gasteiger partial charge in [-0.15, -0.1) is 0 Å². The van der Waals surface area contributed by atoms with Crippen LogP contribution in [0.5, 0.6) is 11.5 Å². The number of carbonyl (C=O) groups excluding carboxylic acids is 4. The van der Waals surface area contributed by atoms with Crippen LogP contribution in [0.15, 0.2) is 42.5 Å². The van der Waals surface area contributed by atoms with Crippen molar-refractivity contribution in [1.29, 1.82) is 0 Å². The molecule has 1 saturated carbocycles. The molecular formula is C42H55N5O9S. The molecular weight excluding hydrogens is 751 g/mol. The van der Waals surface area contributed by atoms with Crippen LogP contribution in [0.4, 0.5) is 4.79 Å². The molecule has 3 N–H and O–H groups in total. The Kier molecular flexibility index (Phi) is 11.1. The second-order valence-corrected chi connectivity index (χ2v) is 19.2. The van der Waals surface area contributed by atoms with E-state index in [9.17, 15) is 27.6 Å². The molecule has 1 spiro atoms. The molecule has 0 radical (unpaired) electrons. The average Bonchev–Trinajstić information content (AvgIpc) is 3.84. The Morgan fingerprint density at radius 2 is 1.91 bits per heavy atom. The molecule has 0 bridgehead atoms. The number of methoxy groups -OCH3 is 1. The van der Waals surface area contributed by atoms with E-state index in [1.165, 1.54) is 11.0 Å². The zero-order valence-electron chi connectivity index (χ0n) is 33.5. The molecule has 2 aromatic rings. The summed E-state index contributed by atoms with van der Waals surface area (Å²) in [7, 11) is -2.43. The topological polar surface area (TPSA) is 182 Å². The molecule has 4 heterocycles. The maximum absolute atomic E-state index is 14.8. The third kappa shape index (κ3) is 7.83. The summed E-state index contributed by atoms with van der Waals surface area (Å²) >= 11 is 0. The van der Waals surface area contributed by atoms with Crippen LogP contribution in [0.25, 0.3) is 10.9 Å². The molecule has 4 amide bonds. The Bertz CT molecular complexity index is 2110. The van der Waals surface area contributed by atoms with Crippen LogP contribution >= 0.6 is 0 Å². The number of nitrogens with zero attached hydrogens (tertiary/aromatic N) is 2. The van der Waals surface area contributed by atoms with E-state index < -0.39 is 67.7 Å². The van der Waals surface area contributed by atoms with Gasteiger partial charge in [0.25, 0.3) is 5.91 Å². The number of amides is 4. The molecule has 5 atom stereocenters. The number of benzene rings is 1. The van der Waals surface area contributed by atoms with E-state index >= 15 is 0 Å². The Morgan fingerprint density at radius 1 is 1.12 bits per heavy atom. The highest BCUT2D eigenvalue weighted by Gasteiger charge is 2.58. The van der Waals surface area contributed by atoms with E-state index in [2.05, 4.69) is 15.4 Å². The number of nitrogens with one attached hydrogen (secondary N) is 3. The van der Waals surface area contributed by atoms with E-state index in [1.54, 1.807) is 20.1 Å². The maximum Gasteiger partial charge on any atom is 0.407 e. The van der Waals surface area contributed by atoms with E-state index in [1.807, 2.05) is 51.1 Å². The number of carbonyl (C=O) groups is 4. The van der Waals surface area contributed by atoms with Crippen molar-refractivity contribution in [3.8, 4) is 11.5 Å². The lowest BCUT2D eigenvalue weighted by molar-refractivity contribution is -0.142. The van der Waals surface area contributed by atoms with Crippen molar-refractivity contribution >= 4 is 44.7 Å². The van der Waals surface area contributed by atoms with Gasteiger partial charge in [0.1, 0.15) is 34.7 Å². The molecule has 5 unspecified atom stereocenters. The number of fused-ring (bicyclic) bond motifs is 5. The van der Waals surface area contributed by atoms with Crippen molar-refractivity contribution in [2.24, 2.45) is 11.8 Å². The van der Waals surface area contributed by atoms with Crippen LogP contribution in [-0.4, -0.2) is 90.3 Å². The van der Waals surface area contributed by atoms with Crippen LogP contribution in [-0.2, 0) is 42.0 Å². The van der Waals surface area contributed by atoms with Gasteiger partial charge in [-0.25, -0.2) is 18.2 Å². The molecule has 7 rings (SSSR count). The van der Waals surface area contributed by atoms with Crippen LogP contribution in [0, 0.1) is 11.8 Å². The smallest absolute Gasteiger partial charge is 0.407 e. The lowest BCUT2D eigenvalue weighted by atomic mass is 9.73. The number of rotatable bonds is 8. The third-order valence-corrected chi connectivity index (χ3v) is 14.4. The minimum atomic E-state index is -4.04. The van der Waals surface area contributed by atoms with Crippen molar-refractivity contribution in [3.05, 3.63) is 53.8 Å². The zero-order chi connectivity index (χ0) is 40.8. The Morgan fingerprint density at radius 3 is 2.60 bits per heavy atom. The molecule has 57 heavy (non-hydrogen) atoms. The minimum absolute atomic E-state index is 0.0347. The van der Waals surface area contributed by atoms with E-state index in [-0.39, 0.29) is 25.5 Å². The number of pyridine rings is 1. The first-order valence-electron chi connectivity index (χ1n) is 20.3. The monoisotopic (exact) mass is 805 g/mol. The summed E-state index contributed by atoms with van der Waals surface area (Å²) in [6, 6.07) is 3.62. The molecule has 1 aromatic carbocycles. The van der Waals surface area contributed by atoms with E-state index in [0.717, 1.165) is 35.0 Å². The molecule has 2 fully saturated rings. The maximum atomic E-state index is 14.8. The van der Waals surface area contributed by atoms with Crippen molar-refractivity contribution in [1.82, 2.24) is 25.2 Å². The number of aryl methyl sites for hydroxylation is 2. The van der Waals surface area contributed by atoms with Crippen molar-refractivity contribution < 1.29 is 41.8 Å². The van der Waals surface area contributed by atoms with Gasteiger partial charge in [0.2, 0.25) is 21.8 Å². The first kappa shape index (κ1) is 40.5. The molecule has 3 aliphatic heterocycles.